The second-order valence-corrected chi connectivity index (χ2v) is 11.9. The molecule has 1 aliphatic heterocycles. The van der Waals surface area contributed by atoms with E-state index in [2.05, 4.69) is 0 Å². The first kappa shape index (κ1) is 29.1. The molecular formula is C35H32N4O4S. The van der Waals surface area contributed by atoms with Gasteiger partial charge in [-0.15, -0.1) is 0 Å². The summed E-state index contributed by atoms with van der Waals surface area (Å²) >= 11 is 1.29. The van der Waals surface area contributed by atoms with Crippen LogP contribution in [0.1, 0.15) is 43.5 Å². The van der Waals surface area contributed by atoms with Gasteiger partial charge in [0.2, 0.25) is 0 Å². The van der Waals surface area contributed by atoms with Crippen molar-refractivity contribution in [2.24, 2.45) is 4.99 Å². The maximum absolute atomic E-state index is 14.2. The van der Waals surface area contributed by atoms with Crippen LogP contribution in [0.3, 0.4) is 0 Å². The Hall–Kier alpha value is -5.02. The largest absolute Gasteiger partial charge is 0.497 e. The fourth-order valence-electron chi connectivity index (χ4n) is 5.24. The van der Waals surface area contributed by atoms with Crippen LogP contribution in [-0.4, -0.2) is 33.5 Å². The minimum absolute atomic E-state index is 0.251. The van der Waals surface area contributed by atoms with Gasteiger partial charge in [-0.25, -0.2) is 14.5 Å². The first-order chi connectivity index (χ1) is 21.2. The summed E-state index contributed by atoms with van der Waals surface area (Å²) in [6.45, 7) is 7.42. The maximum atomic E-state index is 14.2. The molecule has 3 heterocycles. The van der Waals surface area contributed by atoms with Crippen molar-refractivity contribution in [3.63, 3.8) is 0 Å². The van der Waals surface area contributed by atoms with E-state index >= 15 is 0 Å². The summed E-state index contributed by atoms with van der Waals surface area (Å²) in [7, 11) is 1.60. The lowest BCUT2D eigenvalue weighted by molar-refractivity contribution is -0.143. The van der Waals surface area contributed by atoms with Gasteiger partial charge < -0.3 is 9.47 Å². The van der Waals surface area contributed by atoms with Gasteiger partial charge in [-0.3, -0.25) is 9.36 Å². The highest BCUT2D eigenvalue weighted by atomic mass is 32.1. The molecule has 0 aliphatic carbocycles. The number of aryl methyl sites for hydroxylation is 1. The molecule has 9 heteroatoms. The number of thiazole rings is 1. The average molecular weight is 605 g/mol. The zero-order valence-corrected chi connectivity index (χ0v) is 26.0. The van der Waals surface area contributed by atoms with E-state index in [4.69, 9.17) is 19.6 Å². The van der Waals surface area contributed by atoms with E-state index in [1.165, 1.54) is 11.3 Å². The van der Waals surface area contributed by atoms with Crippen molar-refractivity contribution in [2.45, 2.75) is 39.8 Å². The van der Waals surface area contributed by atoms with E-state index in [9.17, 15) is 9.59 Å². The standard InChI is InChI=1S/C35H32N4O4S/c1-21(2)43-34(41)30-23(4)36-35-39(32(30)25-15-17-28(42-5)18-16-25)33(40)29(44-35)19-26-20-38(27-9-7-6-8-10-27)37-31(26)24-13-11-22(3)12-14-24/h6-21,32H,1-5H3/b29-19+. The zero-order chi connectivity index (χ0) is 31.0. The Kier molecular flexibility index (Phi) is 7.88. The molecule has 0 saturated carbocycles. The van der Waals surface area contributed by atoms with Crippen LogP contribution in [0, 0.1) is 6.92 Å². The Balaban J connectivity index is 1.55. The monoisotopic (exact) mass is 604 g/mol. The van der Waals surface area contributed by atoms with Crippen LogP contribution in [0.15, 0.2) is 106 Å². The second-order valence-electron chi connectivity index (χ2n) is 10.9. The molecule has 1 unspecified atom stereocenters. The van der Waals surface area contributed by atoms with E-state index < -0.39 is 12.0 Å². The predicted octanol–water partition coefficient (Wildman–Crippen LogP) is 5.36. The fourth-order valence-corrected chi connectivity index (χ4v) is 6.28. The number of benzene rings is 3. The molecule has 222 valence electrons. The molecule has 0 N–H and O–H groups in total. The summed E-state index contributed by atoms with van der Waals surface area (Å²) in [4.78, 5) is 32.9. The van der Waals surface area contributed by atoms with Gasteiger partial charge in [-0.05, 0) is 63.6 Å². The van der Waals surface area contributed by atoms with E-state index in [1.54, 1.807) is 32.4 Å². The quantitative estimate of drug-likeness (QED) is 0.234. The van der Waals surface area contributed by atoms with Crippen molar-refractivity contribution in [2.75, 3.05) is 7.11 Å². The number of fused-ring (bicyclic) bond motifs is 1. The number of carbonyl (C=O) groups is 1. The highest BCUT2D eigenvalue weighted by molar-refractivity contribution is 7.07. The lowest BCUT2D eigenvalue weighted by Crippen LogP contribution is -2.40. The van der Waals surface area contributed by atoms with Crippen LogP contribution >= 0.6 is 11.3 Å². The van der Waals surface area contributed by atoms with Crippen LogP contribution in [0.5, 0.6) is 5.75 Å². The van der Waals surface area contributed by atoms with Gasteiger partial charge in [0, 0.05) is 17.3 Å². The van der Waals surface area contributed by atoms with Crippen LogP contribution in [0.4, 0.5) is 0 Å². The molecule has 3 aromatic carbocycles. The van der Waals surface area contributed by atoms with Gasteiger partial charge in [0.25, 0.3) is 5.56 Å². The van der Waals surface area contributed by atoms with Crippen molar-refractivity contribution in [1.82, 2.24) is 14.3 Å². The maximum Gasteiger partial charge on any atom is 0.338 e. The van der Waals surface area contributed by atoms with Gasteiger partial charge in [0.15, 0.2) is 4.80 Å². The molecule has 8 nitrogen and oxygen atoms in total. The highest BCUT2D eigenvalue weighted by Gasteiger charge is 2.34. The van der Waals surface area contributed by atoms with E-state index in [0.29, 0.717) is 26.4 Å². The third kappa shape index (κ3) is 5.54. The Labute approximate surface area is 258 Å². The summed E-state index contributed by atoms with van der Waals surface area (Å²) in [5.74, 6) is 0.175. The minimum atomic E-state index is -0.714. The van der Waals surface area contributed by atoms with E-state index in [1.807, 2.05) is 103 Å². The summed E-state index contributed by atoms with van der Waals surface area (Å²) in [5, 5.41) is 4.92. The Morgan fingerprint density at radius 2 is 1.68 bits per heavy atom. The highest BCUT2D eigenvalue weighted by Crippen LogP contribution is 2.32. The van der Waals surface area contributed by atoms with Crippen molar-refractivity contribution < 1.29 is 14.3 Å². The number of allylic oxidation sites excluding steroid dienone is 1. The Morgan fingerprint density at radius 1 is 0.977 bits per heavy atom. The van der Waals surface area contributed by atoms with E-state index in [-0.39, 0.29) is 11.7 Å². The SMILES string of the molecule is COc1ccc(C2C(C(=O)OC(C)C)=C(C)N=c3s/c(=C/c4cn(-c5ccccc5)nc4-c4ccc(C)cc4)c(=O)n32)cc1. The molecule has 0 bridgehead atoms. The number of methoxy groups -OCH3 is 1. The second kappa shape index (κ2) is 11.9. The molecule has 0 amide bonds. The van der Waals surface area contributed by atoms with Crippen molar-refractivity contribution in [3.05, 3.63) is 133 Å². The number of rotatable bonds is 7. The zero-order valence-electron chi connectivity index (χ0n) is 25.1. The molecule has 0 radical (unpaired) electrons. The summed E-state index contributed by atoms with van der Waals surface area (Å²) in [6.07, 6.45) is 3.47. The number of esters is 1. The van der Waals surface area contributed by atoms with Crippen molar-refractivity contribution in [1.29, 1.82) is 0 Å². The molecule has 2 aromatic heterocycles. The molecule has 5 aromatic rings. The molecule has 44 heavy (non-hydrogen) atoms. The topological polar surface area (TPSA) is 87.7 Å². The van der Waals surface area contributed by atoms with Crippen LogP contribution in [0.2, 0.25) is 0 Å². The predicted molar refractivity (Wildman–Crippen MR) is 172 cm³/mol. The van der Waals surface area contributed by atoms with Crippen molar-refractivity contribution in [3.8, 4) is 22.7 Å². The van der Waals surface area contributed by atoms with Crippen LogP contribution in [-0.2, 0) is 9.53 Å². The molecule has 1 atom stereocenters. The molecule has 0 fully saturated rings. The first-order valence-electron chi connectivity index (χ1n) is 14.3. The lowest BCUT2D eigenvalue weighted by Gasteiger charge is -2.25. The Morgan fingerprint density at radius 3 is 2.34 bits per heavy atom. The van der Waals surface area contributed by atoms with Gasteiger partial charge in [-0.2, -0.15) is 5.10 Å². The molecule has 0 spiro atoms. The lowest BCUT2D eigenvalue weighted by atomic mass is 9.96. The number of hydrogen-bond acceptors (Lipinski definition) is 7. The van der Waals surface area contributed by atoms with Crippen molar-refractivity contribution >= 4 is 23.4 Å². The van der Waals surface area contributed by atoms with Gasteiger partial charge >= 0.3 is 5.97 Å². The normalized spacial score (nSPS) is 14.9. The number of ether oxygens (including phenoxy) is 2. The smallest absolute Gasteiger partial charge is 0.338 e. The number of hydrogen-bond donors (Lipinski definition) is 0. The third-order valence-corrected chi connectivity index (χ3v) is 8.37. The molecule has 0 saturated heterocycles. The van der Waals surface area contributed by atoms with Gasteiger partial charge in [-0.1, -0.05) is 71.5 Å². The van der Waals surface area contributed by atoms with E-state index in [0.717, 1.165) is 33.6 Å². The minimum Gasteiger partial charge on any atom is -0.497 e. The average Bonchev–Trinajstić information content (AvgIpc) is 3.57. The summed E-state index contributed by atoms with van der Waals surface area (Å²) in [6, 6.07) is 24.7. The summed E-state index contributed by atoms with van der Waals surface area (Å²) < 4.78 is 14.9. The number of para-hydroxylation sites is 1. The molecule has 6 rings (SSSR count). The van der Waals surface area contributed by atoms with Gasteiger partial charge in [0.1, 0.15) is 5.75 Å². The van der Waals surface area contributed by atoms with Crippen LogP contribution in [0.25, 0.3) is 23.0 Å². The Bertz CT molecular complexity index is 2050. The fraction of sp³-hybridized carbons (Fsp3) is 0.200. The number of carbonyl (C=O) groups excluding carboxylic acids is 1. The number of aromatic nitrogens is 3. The van der Waals surface area contributed by atoms with Crippen LogP contribution < -0.4 is 19.6 Å². The molecule has 1 aliphatic rings. The molecular weight excluding hydrogens is 572 g/mol. The number of nitrogens with zero attached hydrogens (tertiary/aromatic N) is 4. The third-order valence-electron chi connectivity index (χ3n) is 7.39. The summed E-state index contributed by atoms with van der Waals surface area (Å²) in [5.41, 5.74) is 5.89. The first-order valence-corrected chi connectivity index (χ1v) is 15.1. The van der Waals surface area contributed by atoms with Gasteiger partial charge in [0.05, 0.1) is 46.4 Å².